The topological polar surface area (TPSA) is 64.7 Å². The van der Waals surface area contributed by atoms with E-state index in [2.05, 4.69) is 117 Å². The highest BCUT2D eigenvalue weighted by Gasteiger charge is 2.37. The second kappa shape index (κ2) is 11.5. The number of fused-ring (bicyclic) bond motifs is 10. The zero-order valence-corrected chi connectivity index (χ0v) is 29.7. The van der Waals surface area contributed by atoms with Gasteiger partial charge in [0.15, 0.2) is 23.1 Å². The number of oxazole rings is 1. The molecule has 1 aliphatic rings. The number of nitrogens with zero attached hydrogens (tertiary/aromatic N) is 4. The van der Waals surface area contributed by atoms with E-state index >= 15 is 0 Å². The van der Waals surface area contributed by atoms with Gasteiger partial charge in [-0.3, -0.25) is 0 Å². The summed E-state index contributed by atoms with van der Waals surface area (Å²) in [7, 11) is 0. The maximum atomic E-state index is 6.60. The van der Waals surface area contributed by atoms with Gasteiger partial charge in [-0.15, -0.1) is 0 Å². The summed E-state index contributed by atoms with van der Waals surface area (Å²) in [5.41, 5.74) is 10.3. The average Bonchev–Trinajstić information content (AvgIpc) is 3.77. The Morgan fingerprint density at radius 1 is 0.426 bits per heavy atom. The molecule has 2 aromatic heterocycles. The lowest BCUT2D eigenvalue weighted by atomic mass is 9.82. The van der Waals surface area contributed by atoms with Gasteiger partial charge in [-0.25, -0.2) is 19.9 Å². The summed E-state index contributed by atoms with van der Waals surface area (Å²) in [5, 5.41) is 6.53. The third kappa shape index (κ3) is 4.51. The molecule has 0 fully saturated rings. The molecule has 0 radical (unpaired) electrons. The molecule has 54 heavy (non-hydrogen) atoms. The molecule has 5 nitrogen and oxygen atoms in total. The predicted molar refractivity (Wildman–Crippen MR) is 219 cm³/mol. The van der Waals surface area contributed by atoms with Gasteiger partial charge in [-0.2, -0.15) is 0 Å². The van der Waals surface area contributed by atoms with E-state index in [9.17, 15) is 0 Å². The first-order valence-electron chi connectivity index (χ1n) is 18.3. The highest BCUT2D eigenvalue weighted by Crippen LogP contribution is 2.52. The normalized spacial score (nSPS) is 13.1. The maximum Gasteiger partial charge on any atom is 0.227 e. The first-order valence-corrected chi connectivity index (χ1v) is 18.3. The Morgan fingerprint density at radius 2 is 1.02 bits per heavy atom. The molecule has 1 aliphatic carbocycles. The molecule has 0 atom stereocenters. The van der Waals surface area contributed by atoms with Gasteiger partial charge in [-0.1, -0.05) is 153 Å². The molecular formula is C49H32N4O. The minimum Gasteiger partial charge on any atom is -0.435 e. The Morgan fingerprint density at radius 3 is 1.83 bits per heavy atom. The van der Waals surface area contributed by atoms with Gasteiger partial charge < -0.3 is 4.42 Å². The Labute approximate surface area is 311 Å². The van der Waals surface area contributed by atoms with E-state index in [0.717, 1.165) is 65.7 Å². The van der Waals surface area contributed by atoms with E-state index in [0.29, 0.717) is 23.4 Å². The van der Waals surface area contributed by atoms with Crippen LogP contribution in [0.4, 0.5) is 0 Å². The Bertz CT molecular complexity index is 3130. The molecule has 0 unspecified atom stereocenters. The van der Waals surface area contributed by atoms with Gasteiger partial charge in [0.2, 0.25) is 5.89 Å². The molecular weight excluding hydrogens is 661 g/mol. The van der Waals surface area contributed by atoms with Crippen molar-refractivity contribution in [3.05, 3.63) is 169 Å². The first kappa shape index (κ1) is 30.6. The fourth-order valence-electron chi connectivity index (χ4n) is 8.55. The second-order valence-electron chi connectivity index (χ2n) is 14.6. The van der Waals surface area contributed by atoms with Crippen molar-refractivity contribution in [3.8, 4) is 56.7 Å². The van der Waals surface area contributed by atoms with Crippen molar-refractivity contribution in [2.75, 3.05) is 0 Å². The molecule has 0 saturated carbocycles. The monoisotopic (exact) mass is 692 g/mol. The molecule has 5 heteroatoms. The van der Waals surface area contributed by atoms with Crippen LogP contribution < -0.4 is 0 Å². The molecule has 2 heterocycles. The molecule has 8 aromatic carbocycles. The number of hydrogen-bond donors (Lipinski definition) is 0. The standard InChI is InChI=1S/C49H32N4O/c1-49(2)38-21-10-9-17-36(38)43-37(20-12-22-39(43)49)47-52-45(31-13-5-3-6-14-31)51-46(53-47)35-19-11-18-34-33(35)27-25-29-23-24-30-26-28-40-44(42(30)41(29)34)54-48(50-40)32-15-7-4-8-16-32/h3-28H,1-2H3. The Kier molecular flexibility index (Phi) is 6.53. The van der Waals surface area contributed by atoms with Gasteiger partial charge >= 0.3 is 0 Å². The van der Waals surface area contributed by atoms with Crippen LogP contribution in [0.3, 0.4) is 0 Å². The summed E-state index contributed by atoms with van der Waals surface area (Å²) in [6, 6.07) is 54.9. The highest BCUT2D eigenvalue weighted by atomic mass is 16.3. The summed E-state index contributed by atoms with van der Waals surface area (Å²) in [6.45, 7) is 4.60. The van der Waals surface area contributed by atoms with Crippen molar-refractivity contribution in [3.63, 3.8) is 0 Å². The lowest BCUT2D eigenvalue weighted by molar-refractivity contribution is 0.623. The van der Waals surface area contributed by atoms with E-state index in [4.69, 9.17) is 24.4 Å². The van der Waals surface area contributed by atoms with Crippen LogP contribution in [-0.2, 0) is 5.41 Å². The third-order valence-corrected chi connectivity index (χ3v) is 11.2. The van der Waals surface area contributed by atoms with Crippen LogP contribution in [0, 0.1) is 0 Å². The fourth-order valence-corrected chi connectivity index (χ4v) is 8.55. The van der Waals surface area contributed by atoms with E-state index in [1.54, 1.807) is 0 Å². The second-order valence-corrected chi connectivity index (χ2v) is 14.6. The molecule has 0 bridgehead atoms. The minimum atomic E-state index is -0.143. The lowest BCUT2D eigenvalue weighted by Crippen LogP contribution is -2.14. The van der Waals surface area contributed by atoms with Gasteiger partial charge in [-0.05, 0) is 62.0 Å². The van der Waals surface area contributed by atoms with Gasteiger partial charge in [0.25, 0.3) is 0 Å². The van der Waals surface area contributed by atoms with Gasteiger partial charge in [0.1, 0.15) is 5.52 Å². The number of aromatic nitrogens is 4. The SMILES string of the molecule is CC1(C)c2ccccc2-c2c(-c3nc(-c4ccccc4)nc(-c4cccc5c4ccc4ccc6ccc7nc(-c8ccccc8)oc7c6c45)n3)cccc21. The molecule has 0 spiro atoms. The Balaban J connectivity index is 1.18. The largest absolute Gasteiger partial charge is 0.435 e. The molecule has 0 amide bonds. The van der Waals surface area contributed by atoms with Crippen LogP contribution >= 0.6 is 0 Å². The van der Waals surface area contributed by atoms with Crippen molar-refractivity contribution in [2.24, 2.45) is 0 Å². The van der Waals surface area contributed by atoms with Crippen LogP contribution in [-0.4, -0.2) is 19.9 Å². The summed E-state index contributed by atoms with van der Waals surface area (Å²) < 4.78 is 6.60. The zero-order chi connectivity index (χ0) is 36.0. The summed E-state index contributed by atoms with van der Waals surface area (Å²) >= 11 is 0. The molecule has 254 valence electrons. The third-order valence-electron chi connectivity index (χ3n) is 11.2. The van der Waals surface area contributed by atoms with Crippen molar-refractivity contribution < 1.29 is 4.42 Å². The van der Waals surface area contributed by atoms with Crippen LogP contribution in [0.15, 0.2) is 162 Å². The average molecular weight is 693 g/mol. The van der Waals surface area contributed by atoms with Crippen molar-refractivity contribution in [1.29, 1.82) is 0 Å². The van der Waals surface area contributed by atoms with E-state index in [-0.39, 0.29) is 5.41 Å². The van der Waals surface area contributed by atoms with E-state index in [1.165, 1.54) is 22.3 Å². The van der Waals surface area contributed by atoms with Crippen LogP contribution in [0.5, 0.6) is 0 Å². The highest BCUT2D eigenvalue weighted by molar-refractivity contribution is 6.27. The van der Waals surface area contributed by atoms with Crippen molar-refractivity contribution >= 4 is 43.4 Å². The fraction of sp³-hybridized carbons (Fsp3) is 0.0612. The molecule has 0 saturated heterocycles. The summed E-state index contributed by atoms with van der Waals surface area (Å²) in [5.74, 6) is 2.53. The van der Waals surface area contributed by atoms with Crippen LogP contribution in [0.2, 0.25) is 0 Å². The van der Waals surface area contributed by atoms with Gasteiger partial charge in [0, 0.05) is 38.4 Å². The quantitative estimate of drug-likeness (QED) is 0.172. The number of rotatable bonds is 4. The molecule has 0 aliphatic heterocycles. The Hall–Kier alpha value is -6.98. The first-order chi connectivity index (χ1) is 26.5. The predicted octanol–water partition coefficient (Wildman–Crippen LogP) is 12.4. The molecule has 10 aromatic rings. The molecule has 11 rings (SSSR count). The minimum absolute atomic E-state index is 0.143. The van der Waals surface area contributed by atoms with E-state index < -0.39 is 0 Å². The van der Waals surface area contributed by atoms with E-state index in [1.807, 2.05) is 54.6 Å². The summed E-state index contributed by atoms with van der Waals surface area (Å²) in [4.78, 5) is 20.6. The zero-order valence-electron chi connectivity index (χ0n) is 29.7. The number of benzene rings is 8. The maximum absolute atomic E-state index is 6.60. The van der Waals surface area contributed by atoms with Crippen molar-refractivity contribution in [2.45, 2.75) is 19.3 Å². The summed E-state index contributed by atoms with van der Waals surface area (Å²) in [6.07, 6.45) is 0. The van der Waals surface area contributed by atoms with Crippen LogP contribution in [0.1, 0.15) is 25.0 Å². The smallest absolute Gasteiger partial charge is 0.227 e. The lowest BCUT2D eigenvalue weighted by Gasteiger charge is -2.21. The van der Waals surface area contributed by atoms with Crippen molar-refractivity contribution in [1.82, 2.24) is 19.9 Å². The number of hydrogen-bond acceptors (Lipinski definition) is 5. The van der Waals surface area contributed by atoms with Gasteiger partial charge in [0.05, 0.1) is 0 Å². The molecule has 0 N–H and O–H groups in total. The van der Waals surface area contributed by atoms with Crippen LogP contribution in [0.25, 0.3) is 100 Å².